The van der Waals surface area contributed by atoms with Gasteiger partial charge >= 0.3 is 0 Å². The Kier molecular flexibility index (Phi) is 2.51. The van der Waals surface area contributed by atoms with E-state index in [4.69, 9.17) is 11.6 Å². The predicted molar refractivity (Wildman–Crippen MR) is 51.3 cm³/mol. The molecular formula is C10H11ClFN. The molecule has 2 rings (SSSR count). The summed E-state index contributed by atoms with van der Waals surface area (Å²) in [5.41, 5.74) is 0.691. The van der Waals surface area contributed by atoms with Crippen LogP contribution in [0.4, 0.5) is 4.39 Å². The predicted octanol–water partition coefficient (Wildman–Crippen LogP) is 2.73. The van der Waals surface area contributed by atoms with Crippen LogP contribution in [0.5, 0.6) is 0 Å². The molecule has 1 aliphatic rings. The molecule has 1 aliphatic carbocycles. The maximum Gasteiger partial charge on any atom is 0.129 e. The molecule has 0 saturated heterocycles. The minimum absolute atomic E-state index is 0.222. The largest absolute Gasteiger partial charge is 0.310 e. The van der Waals surface area contributed by atoms with E-state index < -0.39 is 0 Å². The molecule has 0 amide bonds. The van der Waals surface area contributed by atoms with Crippen molar-refractivity contribution in [3.63, 3.8) is 0 Å². The highest BCUT2D eigenvalue weighted by atomic mass is 35.5. The van der Waals surface area contributed by atoms with E-state index in [0.717, 1.165) is 0 Å². The third-order valence-electron chi connectivity index (χ3n) is 2.17. The van der Waals surface area contributed by atoms with E-state index >= 15 is 0 Å². The Morgan fingerprint density at radius 2 is 2.23 bits per heavy atom. The number of rotatable bonds is 3. The normalized spacial score (nSPS) is 16.2. The van der Waals surface area contributed by atoms with Crippen LogP contribution < -0.4 is 5.32 Å². The third-order valence-corrected chi connectivity index (χ3v) is 2.41. The van der Waals surface area contributed by atoms with Gasteiger partial charge < -0.3 is 5.32 Å². The molecule has 13 heavy (non-hydrogen) atoms. The molecule has 1 fully saturated rings. The summed E-state index contributed by atoms with van der Waals surface area (Å²) in [6.07, 6.45) is 2.43. The molecular weight excluding hydrogens is 189 g/mol. The Labute approximate surface area is 81.9 Å². The van der Waals surface area contributed by atoms with E-state index in [1.54, 1.807) is 12.1 Å². The Bertz CT molecular complexity index is 310. The first-order chi connectivity index (χ1) is 6.25. The van der Waals surface area contributed by atoms with Gasteiger partial charge in [-0.1, -0.05) is 17.7 Å². The fraction of sp³-hybridized carbons (Fsp3) is 0.400. The topological polar surface area (TPSA) is 12.0 Å². The van der Waals surface area contributed by atoms with Crippen LogP contribution in [-0.2, 0) is 6.54 Å². The molecule has 1 nitrogen and oxygen atoms in total. The number of halogens is 2. The van der Waals surface area contributed by atoms with E-state index in [1.807, 2.05) is 0 Å². The highest BCUT2D eigenvalue weighted by Crippen LogP contribution is 2.20. The van der Waals surface area contributed by atoms with E-state index in [0.29, 0.717) is 23.2 Å². The second kappa shape index (κ2) is 3.64. The molecule has 0 unspecified atom stereocenters. The summed E-state index contributed by atoms with van der Waals surface area (Å²) in [4.78, 5) is 0. The quantitative estimate of drug-likeness (QED) is 0.790. The summed E-state index contributed by atoms with van der Waals surface area (Å²) in [5.74, 6) is -0.222. The van der Waals surface area contributed by atoms with Gasteiger partial charge in [0.15, 0.2) is 0 Å². The smallest absolute Gasteiger partial charge is 0.129 e. The lowest BCUT2D eigenvalue weighted by Gasteiger charge is -2.04. The summed E-state index contributed by atoms with van der Waals surface area (Å²) in [7, 11) is 0. The first-order valence-electron chi connectivity index (χ1n) is 4.43. The van der Waals surface area contributed by atoms with Gasteiger partial charge in [-0.25, -0.2) is 4.39 Å². The minimum atomic E-state index is -0.222. The van der Waals surface area contributed by atoms with Crippen LogP contribution in [-0.4, -0.2) is 6.04 Å². The lowest BCUT2D eigenvalue weighted by Crippen LogP contribution is -2.16. The van der Waals surface area contributed by atoms with E-state index in [2.05, 4.69) is 5.32 Å². The molecule has 1 aromatic carbocycles. The zero-order valence-electron chi connectivity index (χ0n) is 7.19. The fourth-order valence-corrected chi connectivity index (χ4v) is 1.37. The molecule has 1 N–H and O–H groups in total. The zero-order chi connectivity index (χ0) is 9.26. The molecule has 0 spiro atoms. The maximum atomic E-state index is 13.2. The number of nitrogens with one attached hydrogen (secondary N) is 1. The van der Waals surface area contributed by atoms with Crippen LogP contribution in [0.15, 0.2) is 18.2 Å². The van der Waals surface area contributed by atoms with Crippen LogP contribution in [0.2, 0.25) is 5.02 Å². The molecule has 3 heteroatoms. The van der Waals surface area contributed by atoms with Gasteiger partial charge in [0, 0.05) is 23.2 Å². The maximum absolute atomic E-state index is 13.2. The molecule has 70 valence electrons. The summed E-state index contributed by atoms with van der Waals surface area (Å²) in [5, 5.41) is 3.70. The second-order valence-corrected chi connectivity index (χ2v) is 3.83. The van der Waals surface area contributed by atoms with Crippen molar-refractivity contribution in [1.29, 1.82) is 0 Å². The van der Waals surface area contributed by atoms with E-state index in [1.165, 1.54) is 18.9 Å². The fourth-order valence-electron chi connectivity index (χ4n) is 1.21. The van der Waals surface area contributed by atoms with Crippen LogP contribution >= 0.6 is 11.6 Å². The van der Waals surface area contributed by atoms with Crippen molar-refractivity contribution >= 4 is 11.6 Å². The van der Waals surface area contributed by atoms with E-state index in [9.17, 15) is 4.39 Å². The number of benzene rings is 1. The molecule has 1 saturated carbocycles. The Morgan fingerprint density at radius 1 is 1.46 bits per heavy atom. The standard InChI is InChI=1S/C10H11ClFN/c11-8-2-1-7(10(12)5-8)6-13-9-3-4-9/h1-2,5,9,13H,3-4,6H2. The van der Waals surface area contributed by atoms with Gasteiger partial charge in [0.1, 0.15) is 5.82 Å². The highest BCUT2D eigenvalue weighted by molar-refractivity contribution is 6.30. The second-order valence-electron chi connectivity index (χ2n) is 3.39. The minimum Gasteiger partial charge on any atom is -0.310 e. The van der Waals surface area contributed by atoms with E-state index in [-0.39, 0.29) is 5.82 Å². The molecule has 0 radical (unpaired) electrons. The van der Waals surface area contributed by atoms with Crippen LogP contribution in [0.3, 0.4) is 0 Å². The Hall–Kier alpha value is -0.600. The summed E-state index contributed by atoms with van der Waals surface area (Å²) in [6.45, 7) is 0.605. The van der Waals surface area contributed by atoms with Gasteiger partial charge in [0.05, 0.1) is 0 Å². The monoisotopic (exact) mass is 199 g/mol. The van der Waals surface area contributed by atoms with Gasteiger partial charge in [-0.05, 0) is 25.0 Å². The van der Waals surface area contributed by atoms with Gasteiger partial charge in [-0.15, -0.1) is 0 Å². The molecule has 1 aromatic rings. The molecule has 0 aromatic heterocycles. The van der Waals surface area contributed by atoms with Crippen molar-refractivity contribution < 1.29 is 4.39 Å². The average Bonchev–Trinajstić information content (AvgIpc) is 2.86. The van der Waals surface area contributed by atoms with Crippen molar-refractivity contribution in [2.45, 2.75) is 25.4 Å². The summed E-state index contributed by atoms with van der Waals surface area (Å²) < 4.78 is 13.2. The summed E-state index contributed by atoms with van der Waals surface area (Å²) >= 11 is 5.63. The number of hydrogen-bond donors (Lipinski definition) is 1. The van der Waals surface area contributed by atoms with Crippen molar-refractivity contribution in [1.82, 2.24) is 5.32 Å². The van der Waals surface area contributed by atoms with Gasteiger partial charge in [0.2, 0.25) is 0 Å². The third kappa shape index (κ3) is 2.42. The van der Waals surface area contributed by atoms with Crippen molar-refractivity contribution in [2.24, 2.45) is 0 Å². The molecule has 0 heterocycles. The van der Waals surface area contributed by atoms with Gasteiger partial charge in [-0.3, -0.25) is 0 Å². The van der Waals surface area contributed by atoms with Crippen molar-refractivity contribution in [2.75, 3.05) is 0 Å². The van der Waals surface area contributed by atoms with Gasteiger partial charge in [-0.2, -0.15) is 0 Å². The van der Waals surface area contributed by atoms with Crippen LogP contribution in [0, 0.1) is 5.82 Å². The first kappa shape index (κ1) is 8.97. The Balaban J connectivity index is 2.01. The molecule has 0 bridgehead atoms. The Morgan fingerprint density at radius 3 is 2.85 bits per heavy atom. The highest BCUT2D eigenvalue weighted by Gasteiger charge is 2.20. The lowest BCUT2D eigenvalue weighted by molar-refractivity contribution is 0.587. The zero-order valence-corrected chi connectivity index (χ0v) is 7.94. The average molecular weight is 200 g/mol. The van der Waals surface area contributed by atoms with Gasteiger partial charge in [0.25, 0.3) is 0 Å². The molecule has 0 aliphatic heterocycles. The van der Waals surface area contributed by atoms with Crippen molar-refractivity contribution in [3.05, 3.63) is 34.6 Å². The molecule has 0 atom stereocenters. The van der Waals surface area contributed by atoms with Crippen LogP contribution in [0.1, 0.15) is 18.4 Å². The SMILES string of the molecule is Fc1cc(Cl)ccc1CNC1CC1. The number of hydrogen-bond acceptors (Lipinski definition) is 1. The summed E-state index contributed by atoms with van der Waals surface area (Å²) in [6, 6.07) is 5.41. The first-order valence-corrected chi connectivity index (χ1v) is 4.81. The van der Waals surface area contributed by atoms with Crippen LogP contribution in [0.25, 0.3) is 0 Å². The van der Waals surface area contributed by atoms with Crippen molar-refractivity contribution in [3.8, 4) is 0 Å². The lowest BCUT2D eigenvalue weighted by atomic mass is 10.2.